The molecule has 0 amide bonds. The third-order valence-electron chi connectivity index (χ3n) is 5.22. The number of aliphatic imine (C=N–C) groups is 1. The molecule has 1 aromatic heterocycles. The van der Waals surface area contributed by atoms with Gasteiger partial charge in [0.05, 0.1) is 11.3 Å². The number of hydrogen-bond donors (Lipinski definition) is 2. The topological polar surface area (TPSA) is 71.7 Å². The summed E-state index contributed by atoms with van der Waals surface area (Å²) in [6, 6.07) is 0. The number of rotatable bonds is 9. The van der Waals surface area contributed by atoms with Crippen LogP contribution in [0.3, 0.4) is 0 Å². The summed E-state index contributed by atoms with van der Waals surface area (Å²) in [5.41, 5.74) is 2.14. The SMILES string of the molecule is CCCOC1(CNC(=NC)NCc2c(CC)noc2CC)CCCCC1.I. The van der Waals surface area contributed by atoms with E-state index in [0.29, 0.717) is 6.54 Å². The number of hydrogen-bond acceptors (Lipinski definition) is 4. The van der Waals surface area contributed by atoms with Gasteiger partial charge in [-0.2, -0.15) is 0 Å². The summed E-state index contributed by atoms with van der Waals surface area (Å²) in [7, 11) is 1.81. The number of ether oxygens (including phenoxy) is 1. The molecule has 0 radical (unpaired) electrons. The number of aryl methyl sites for hydroxylation is 2. The lowest BCUT2D eigenvalue weighted by Crippen LogP contribution is -2.49. The van der Waals surface area contributed by atoms with Crippen LogP contribution in [-0.2, 0) is 24.1 Å². The Bertz CT molecular complexity index is 547. The molecular weight excluding hydrogens is 455 g/mol. The second kappa shape index (κ2) is 12.6. The van der Waals surface area contributed by atoms with E-state index in [9.17, 15) is 0 Å². The lowest BCUT2D eigenvalue weighted by atomic mass is 9.84. The third-order valence-corrected chi connectivity index (χ3v) is 5.22. The average Bonchev–Trinajstić information content (AvgIpc) is 3.09. The molecular formula is C20H37IN4O2. The number of nitrogens with one attached hydrogen (secondary N) is 2. The van der Waals surface area contributed by atoms with Gasteiger partial charge in [-0.3, -0.25) is 4.99 Å². The number of nitrogens with zero attached hydrogens (tertiary/aromatic N) is 2. The molecule has 7 heteroatoms. The normalized spacial score (nSPS) is 16.7. The lowest BCUT2D eigenvalue weighted by Gasteiger charge is -2.37. The molecule has 0 unspecified atom stereocenters. The third kappa shape index (κ3) is 6.93. The van der Waals surface area contributed by atoms with Crippen LogP contribution in [0.1, 0.15) is 76.3 Å². The van der Waals surface area contributed by atoms with Crippen molar-refractivity contribution >= 4 is 29.9 Å². The molecule has 0 bridgehead atoms. The van der Waals surface area contributed by atoms with Crippen molar-refractivity contribution in [2.24, 2.45) is 4.99 Å². The van der Waals surface area contributed by atoms with Crippen LogP contribution in [0.15, 0.2) is 9.52 Å². The van der Waals surface area contributed by atoms with Gasteiger partial charge in [-0.05, 0) is 25.7 Å². The molecule has 156 valence electrons. The molecule has 27 heavy (non-hydrogen) atoms. The molecule has 1 aliphatic carbocycles. The maximum absolute atomic E-state index is 6.27. The molecule has 0 atom stereocenters. The largest absolute Gasteiger partial charge is 0.373 e. The van der Waals surface area contributed by atoms with E-state index in [1.54, 1.807) is 0 Å². The van der Waals surface area contributed by atoms with E-state index in [0.717, 1.165) is 68.2 Å². The predicted octanol–water partition coefficient (Wildman–Crippen LogP) is 4.21. The highest BCUT2D eigenvalue weighted by Crippen LogP contribution is 2.31. The van der Waals surface area contributed by atoms with Crippen molar-refractivity contribution in [2.75, 3.05) is 20.2 Å². The monoisotopic (exact) mass is 492 g/mol. The molecule has 1 fully saturated rings. The first-order chi connectivity index (χ1) is 12.7. The average molecular weight is 492 g/mol. The van der Waals surface area contributed by atoms with E-state index in [1.807, 2.05) is 7.05 Å². The standard InChI is InChI=1S/C20H36N4O2.HI/c1-5-13-25-20(11-9-8-10-12-20)15-23-19(21-4)22-14-16-17(6-2)24-26-18(16)7-3;/h5-15H2,1-4H3,(H2,21,22,23);1H. The van der Waals surface area contributed by atoms with Crippen LogP contribution in [0.2, 0.25) is 0 Å². The summed E-state index contributed by atoms with van der Waals surface area (Å²) in [4.78, 5) is 4.38. The Labute approximate surface area is 181 Å². The Morgan fingerprint density at radius 3 is 2.48 bits per heavy atom. The summed E-state index contributed by atoms with van der Waals surface area (Å²) in [5.74, 6) is 1.76. The van der Waals surface area contributed by atoms with E-state index in [-0.39, 0.29) is 29.6 Å². The molecule has 6 nitrogen and oxygen atoms in total. The minimum atomic E-state index is -0.0494. The van der Waals surface area contributed by atoms with Gasteiger partial charge in [0.2, 0.25) is 0 Å². The van der Waals surface area contributed by atoms with Crippen LogP contribution in [-0.4, -0.2) is 36.9 Å². The van der Waals surface area contributed by atoms with Crippen LogP contribution in [0.4, 0.5) is 0 Å². The summed E-state index contributed by atoms with van der Waals surface area (Å²) >= 11 is 0. The number of aromatic nitrogens is 1. The van der Waals surface area contributed by atoms with Gasteiger partial charge >= 0.3 is 0 Å². The van der Waals surface area contributed by atoms with Crippen LogP contribution in [0.5, 0.6) is 0 Å². The van der Waals surface area contributed by atoms with Gasteiger partial charge in [0, 0.05) is 38.7 Å². The van der Waals surface area contributed by atoms with Crippen molar-refractivity contribution in [3.05, 3.63) is 17.0 Å². The Kier molecular flexibility index (Phi) is 11.3. The molecule has 1 heterocycles. The highest BCUT2D eigenvalue weighted by molar-refractivity contribution is 14.0. The van der Waals surface area contributed by atoms with Gasteiger partial charge in [0.1, 0.15) is 5.76 Å². The molecule has 0 aromatic carbocycles. The molecule has 1 aromatic rings. The highest BCUT2D eigenvalue weighted by Gasteiger charge is 2.33. The van der Waals surface area contributed by atoms with E-state index in [1.165, 1.54) is 19.3 Å². The summed E-state index contributed by atoms with van der Waals surface area (Å²) < 4.78 is 11.7. The Hall–Kier alpha value is -0.830. The molecule has 0 saturated heterocycles. The highest BCUT2D eigenvalue weighted by atomic mass is 127. The van der Waals surface area contributed by atoms with Crippen LogP contribution in [0, 0.1) is 0 Å². The quantitative estimate of drug-likeness (QED) is 0.307. The van der Waals surface area contributed by atoms with E-state index in [2.05, 4.69) is 41.6 Å². The summed E-state index contributed by atoms with van der Waals surface area (Å²) in [5, 5.41) is 11.1. The zero-order valence-corrected chi connectivity index (χ0v) is 19.7. The second-order valence-electron chi connectivity index (χ2n) is 7.11. The van der Waals surface area contributed by atoms with E-state index >= 15 is 0 Å². The number of halogens is 1. The van der Waals surface area contributed by atoms with E-state index in [4.69, 9.17) is 9.26 Å². The van der Waals surface area contributed by atoms with Crippen molar-refractivity contribution in [3.8, 4) is 0 Å². The van der Waals surface area contributed by atoms with Crippen molar-refractivity contribution in [1.29, 1.82) is 0 Å². The fraction of sp³-hybridized carbons (Fsp3) is 0.800. The first-order valence-corrected chi connectivity index (χ1v) is 10.2. The van der Waals surface area contributed by atoms with Gasteiger partial charge < -0.3 is 19.9 Å². The maximum Gasteiger partial charge on any atom is 0.191 e. The van der Waals surface area contributed by atoms with Crippen LogP contribution < -0.4 is 10.6 Å². The Morgan fingerprint density at radius 1 is 1.15 bits per heavy atom. The van der Waals surface area contributed by atoms with Crippen molar-refractivity contribution in [3.63, 3.8) is 0 Å². The lowest BCUT2D eigenvalue weighted by molar-refractivity contribution is -0.0657. The molecule has 0 aliphatic heterocycles. The van der Waals surface area contributed by atoms with Gasteiger partial charge in [0.25, 0.3) is 0 Å². The summed E-state index contributed by atoms with van der Waals surface area (Å²) in [6.07, 6.45) is 8.85. The first-order valence-electron chi connectivity index (χ1n) is 10.2. The fourth-order valence-corrected chi connectivity index (χ4v) is 3.66. The van der Waals surface area contributed by atoms with Gasteiger partial charge in [-0.1, -0.05) is 45.2 Å². The molecule has 2 N–H and O–H groups in total. The Morgan fingerprint density at radius 2 is 1.89 bits per heavy atom. The predicted molar refractivity (Wildman–Crippen MR) is 121 cm³/mol. The second-order valence-corrected chi connectivity index (χ2v) is 7.11. The van der Waals surface area contributed by atoms with Crippen molar-refractivity contribution in [1.82, 2.24) is 15.8 Å². The van der Waals surface area contributed by atoms with Crippen molar-refractivity contribution < 1.29 is 9.26 Å². The fourth-order valence-electron chi connectivity index (χ4n) is 3.66. The number of guanidine groups is 1. The molecule has 2 rings (SSSR count). The minimum absolute atomic E-state index is 0. The van der Waals surface area contributed by atoms with Crippen molar-refractivity contribution in [2.45, 2.75) is 84.3 Å². The molecule has 1 aliphatic rings. The summed E-state index contributed by atoms with van der Waals surface area (Å²) in [6.45, 7) is 8.67. The van der Waals surface area contributed by atoms with E-state index < -0.39 is 0 Å². The Balaban J connectivity index is 0.00000364. The van der Waals surface area contributed by atoms with Crippen LogP contribution >= 0.6 is 24.0 Å². The van der Waals surface area contributed by atoms with Gasteiger partial charge in [0.15, 0.2) is 5.96 Å². The van der Waals surface area contributed by atoms with Crippen LogP contribution in [0.25, 0.3) is 0 Å². The molecule has 1 saturated carbocycles. The first kappa shape index (κ1) is 24.2. The minimum Gasteiger partial charge on any atom is -0.373 e. The smallest absolute Gasteiger partial charge is 0.191 e. The van der Waals surface area contributed by atoms with Gasteiger partial charge in [-0.15, -0.1) is 24.0 Å². The molecule has 0 spiro atoms. The van der Waals surface area contributed by atoms with Gasteiger partial charge in [-0.25, -0.2) is 0 Å². The maximum atomic E-state index is 6.27. The zero-order chi connectivity index (χ0) is 18.8. The zero-order valence-electron chi connectivity index (χ0n) is 17.4.